The molecule has 3 aromatic rings. The number of thioether (sulfide) groups is 1. The number of carbonyl (C=O) groups excluding carboxylic acids is 3. The van der Waals surface area contributed by atoms with Crippen molar-refractivity contribution >= 4 is 35.2 Å². The number of esters is 1. The number of fused-ring (bicyclic) bond motifs is 2. The Morgan fingerprint density at radius 3 is 2.34 bits per heavy atom. The van der Waals surface area contributed by atoms with Crippen molar-refractivity contribution < 1.29 is 45.8 Å². The highest BCUT2D eigenvalue weighted by atomic mass is 32.2. The van der Waals surface area contributed by atoms with Crippen LogP contribution in [-0.2, 0) is 9.53 Å². The summed E-state index contributed by atoms with van der Waals surface area (Å²) in [6, 6.07) is 10.5. The molecular formula is C31H27F5N2O5S. The quantitative estimate of drug-likeness (QED) is 0.161. The first-order chi connectivity index (χ1) is 20.9. The Morgan fingerprint density at radius 1 is 0.909 bits per heavy atom. The van der Waals surface area contributed by atoms with Crippen LogP contribution in [-0.4, -0.2) is 43.6 Å². The highest BCUT2D eigenvalue weighted by molar-refractivity contribution is 8.00. The summed E-state index contributed by atoms with van der Waals surface area (Å²) < 4.78 is 78.0. The molecule has 0 heterocycles. The first-order valence-electron chi connectivity index (χ1n) is 13.6. The van der Waals surface area contributed by atoms with Crippen LogP contribution in [0, 0.1) is 29.4 Å². The van der Waals surface area contributed by atoms with E-state index < -0.39 is 46.9 Å². The zero-order chi connectivity index (χ0) is 31.8. The molecule has 232 valence electrons. The molecule has 0 spiro atoms. The van der Waals surface area contributed by atoms with Crippen LogP contribution in [0.1, 0.15) is 40.0 Å². The Morgan fingerprint density at radius 2 is 1.66 bits per heavy atom. The lowest BCUT2D eigenvalue weighted by atomic mass is 9.83. The Kier molecular flexibility index (Phi) is 8.87. The maximum Gasteiger partial charge on any atom is 0.446 e. The monoisotopic (exact) mass is 634 g/mol. The Hall–Kier alpha value is -4.13. The minimum absolute atomic E-state index is 0.0160. The maximum atomic E-state index is 15.1. The molecule has 2 amide bonds. The van der Waals surface area contributed by atoms with Crippen molar-refractivity contribution in [2.75, 3.05) is 19.5 Å². The number of halogens is 5. The number of methoxy groups -OCH3 is 2. The van der Waals surface area contributed by atoms with E-state index in [-0.39, 0.29) is 62.2 Å². The fourth-order valence-electron chi connectivity index (χ4n) is 6.18. The number of anilines is 1. The summed E-state index contributed by atoms with van der Waals surface area (Å²) in [7, 11) is 2.36. The molecule has 0 aliphatic heterocycles. The van der Waals surface area contributed by atoms with Crippen molar-refractivity contribution in [2.24, 2.45) is 17.8 Å². The van der Waals surface area contributed by atoms with Crippen LogP contribution in [0.5, 0.6) is 5.75 Å². The number of amides is 2. The average Bonchev–Trinajstić information content (AvgIpc) is 3.58. The van der Waals surface area contributed by atoms with Gasteiger partial charge in [0.25, 0.3) is 5.91 Å². The predicted octanol–water partition coefficient (Wildman–Crippen LogP) is 6.82. The SMILES string of the molecule is COC(=O)c1ccc(-c2cc(C(=O)NC3C4CCC(C4)C3C(=O)Nc3cccc(SC(F)(F)F)c3)c(OC)cc2F)cc1F. The van der Waals surface area contributed by atoms with Crippen LogP contribution in [0.4, 0.5) is 27.6 Å². The van der Waals surface area contributed by atoms with Gasteiger partial charge in [0.1, 0.15) is 17.4 Å². The normalized spacial score (nSPS) is 20.7. The molecule has 7 nitrogen and oxygen atoms in total. The lowest BCUT2D eigenvalue weighted by Crippen LogP contribution is -2.48. The number of hydrogen-bond acceptors (Lipinski definition) is 6. The van der Waals surface area contributed by atoms with Crippen molar-refractivity contribution in [1.29, 1.82) is 0 Å². The van der Waals surface area contributed by atoms with E-state index in [2.05, 4.69) is 15.4 Å². The van der Waals surface area contributed by atoms with Gasteiger partial charge in [0, 0.05) is 28.3 Å². The molecular weight excluding hydrogens is 607 g/mol. The Bertz CT molecular complexity index is 1610. The summed E-state index contributed by atoms with van der Waals surface area (Å²) in [5, 5.41) is 5.62. The lowest BCUT2D eigenvalue weighted by molar-refractivity contribution is -0.122. The molecule has 0 saturated heterocycles. The van der Waals surface area contributed by atoms with Gasteiger partial charge in [-0.3, -0.25) is 9.59 Å². The fourth-order valence-corrected chi connectivity index (χ4v) is 6.78. The number of hydrogen-bond donors (Lipinski definition) is 2. The molecule has 2 bridgehead atoms. The zero-order valence-corrected chi connectivity index (χ0v) is 24.3. The first-order valence-corrected chi connectivity index (χ1v) is 14.4. The molecule has 3 aromatic carbocycles. The molecule has 2 aliphatic carbocycles. The third kappa shape index (κ3) is 6.52. The van der Waals surface area contributed by atoms with E-state index in [1.165, 1.54) is 43.5 Å². The van der Waals surface area contributed by atoms with Gasteiger partial charge in [-0.1, -0.05) is 12.1 Å². The minimum atomic E-state index is -4.48. The summed E-state index contributed by atoms with van der Waals surface area (Å²) in [5.41, 5.74) is -4.73. The molecule has 4 unspecified atom stereocenters. The number of alkyl halides is 3. The smallest absolute Gasteiger partial charge is 0.446 e. The first kappa shape index (κ1) is 31.3. The molecule has 5 rings (SSSR count). The van der Waals surface area contributed by atoms with E-state index >= 15 is 4.39 Å². The third-order valence-corrected chi connectivity index (χ3v) is 8.79. The topological polar surface area (TPSA) is 93.7 Å². The molecule has 0 aromatic heterocycles. The molecule has 4 atom stereocenters. The second-order valence-corrected chi connectivity index (χ2v) is 11.8. The summed E-state index contributed by atoms with van der Waals surface area (Å²) in [4.78, 5) is 38.7. The molecule has 2 fully saturated rings. The van der Waals surface area contributed by atoms with Gasteiger partial charge in [-0.05, 0) is 84.8 Å². The Balaban J connectivity index is 1.38. The largest absolute Gasteiger partial charge is 0.496 e. The van der Waals surface area contributed by atoms with E-state index in [0.29, 0.717) is 6.42 Å². The number of benzene rings is 3. The van der Waals surface area contributed by atoms with Gasteiger partial charge >= 0.3 is 11.5 Å². The van der Waals surface area contributed by atoms with Crippen molar-refractivity contribution in [3.8, 4) is 16.9 Å². The Labute approximate surface area is 253 Å². The molecule has 44 heavy (non-hydrogen) atoms. The number of rotatable bonds is 8. The van der Waals surface area contributed by atoms with Crippen molar-refractivity contribution in [1.82, 2.24) is 5.32 Å². The minimum Gasteiger partial charge on any atom is -0.496 e. The van der Waals surface area contributed by atoms with Crippen LogP contribution in [0.2, 0.25) is 0 Å². The summed E-state index contributed by atoms with van der Waals surface area (Å²) >= 11 is -0.288. The predicted molar refractivity (Wildman–Crippen MR) is 152 cm³/mol. The second kappa shape index (κ2) is 12.5. The van der Waals surface area contributed by atoms with Crippen molar-refractivity contribution in [3.05, 3.63) is 77.4 Å². The maximum absolute atomic E-state index is 15.1. The van der Waals surface area contributed by atoms with E-state index in [1.807, 2.05) is 0 Å². The lowest BCUT2D eigenvalue weighted by Gasteiger charge is -2.31. The molecule has 2 saturated carbocycles. The van der Waals surface area contributed by atoms with Crippen LogP contribution in [0.15, 0.2) is 59.5 Å². The van der Waals surface area contributed by atoms with Gasteiger partial charge in [-0.15, -0.1) is 0 Å². The average molecular weight is 635 g/mol. The van der Waals surface area contributed by atoms with Crippen LogP contribution < -0.4 is 15.4 Å². The third-order valence-electron chi connectivity index (χ3n) is 8.07. The van der Waals surface area contributed by atoms with Gasteiger partial charge in [0.15, 0.2) is 0 Å². The van der Waals surface area contributed by atoms with Gasteiger partial charge in [-0.25, -0.2) is 13.6 Å². The van der Waals surface area contributed by atoms with Crippen LogP contribution in [0.3, 0.4) is 0 Å². The van der Waals surface area contributed by atoms with E-state index in [9.17, 15) is 31.9 Å². The van der Waals surface area contributed by atoms with Gasteiger partial charge in [0.05, 0.1) is 31.3 Å². The van der Waals surface area contributed by atoms with E-state index in [4.69, 9.17) is 4.74 Å². The highest BCUT2D eigenvalue weighted by Gasteiger charge is 2.51. The van der Waals surface area contributed by atoms with Crippen LogP contribution in [0.25, 0.3) is 11.1 Å². The molecule has 0 radical (unpaired) electrons. The summed E-state index contributed by atoms with van der Waals surface area (Å²) in [6.45, 7) is 0. The van der Waals surface area contributed by atoms with E-state index in [0.717, 1.165) is 38.2 Å². The second-order valence-electron chi connectivity index (χ2n) is 10.6. The van der Waals surface area contributed by atoms with Crippen molar-refractivity contribution in [2.45, 2.75) is 35.7 Å². The summed E-state index contributed by atoms with van der Waals surface area (Å²) in [5.74, 6) is -4.50. The van der Waals surface area contributed by atoms with Gasteiger partial charge in [-0.2, -0.15) is 13.2 Å². The molecule has 2 N–H and O–H groups in total. The van der Waals surface area contributed by atoms with Crippen molar-refractivity contribution in [3.63, 3.8) is 0 Å². The molecule has 13 heteroatoms. The van der Waals surface area contributed by atoms with E-state index in [1.54, 1.807) is 0 Å². The number of carbonyl (C=O) groups is 3. The number of ether oxygens (including phenoxy) is 2. The highest BCUT2D eigenvalue weighted by Crippen LogP contribution is 2.49. The number of nitrogens with one attached hydrogen (secondary N) is 2. The van der Waals surface area contributed by atoms with Gasteiger partial charge in [0.2, 0.25) is 5.91 Å². The standard InChI is InChI=1S/C31H27F5N2O5S/c1-42-25-14-24(33)21(15-8-9-20(23(32)11-15)30(41)43-2)13-22(25)28(39)38-27-17-7-6-16(10-17)26(27)29(40)37-18-4-3-5-19(12-18)44-31(34,35)36/h3-5,8-9,11-14,16-17,26-27H,6-7,10H2,1-2H3,(H,37,40)(H,38,39). The summed E-state index contributed by atoms with van der Waals surface area (Å²) in [6.07, 6.45) is 2.22. The fraction of sp³-hybridized carbons (Fsp3) is 0.323. The zero-order valence-electron chi connectivity index (χ0n) is 23.5. The molecule has 2 aliphatic rings. The van der Waals surface area contributed by atoms with Gasteiger partial charge < -0.3 is 20.1 Å². The van der Waals surface area contributed by atoms with Crippen LogP contribution >= 0.6 is 11.8 Å².